The highest BCUT2D eigenvalue weighted by molar-refractivity contribution is 9.11. The maximum atomic E-state index is 5.21. The molecule has 0 atom stereocenters. The van der Waals surface area contributed by atoms with Crippen LogP contribution in [0.1, 0.15) is 0 Å². The van der Waals surface area contributed by atoms with Crippen LogP contribution in [0.2, 0.25) is 0 Å². The lowest BCUT2D eigenvalue weighted by Crippen LogP contribution is -1.79. The molecular formula is C6H2Br3ClO. The van der Waals surface area contributed by atoms with E-state index in [1.807, 2.05) is 12.1 Å². The van der Waals surface area contributed by atoms with Crippen molar-refractivity contribution < 1.29 is 4.29 Å². The van der Waals surface area contributed by atoms with Gasteiger partial charge < -0.3 is 4.29 Å². The molecule has 11 heavy (non-hydrogen) atoms. The lowest BCUT2D eigenvalue weighted by atomic mass is 10.3. The van der Waals surface area contributed by atoms with E-state index in [-0.39, 0.29) is 0 Å². The molecule has 1 aromatic carbocycles. The van der Waals surface area contributed by atoms with Crippen LogP contribution in [0.15, 0.2) is 25.6 Å². The predicted molar refractivity (Wildman–Crippen MR) is 56.0 cm³/mol. The molecule has 60 valence electrons. The highest BCUT2D eigenvalue weighted by atomic mass is 79.9. The summed E-state index contributed by atoms with van der Waals surface area (Å²) >= 11 is 15.1. The van der Waals surface area contributed by atoms with Crippen LogP contribution in [0, 0.1) is 0 Å². The van der Waals surface area contributed by atoms with E-state index in [0.717, 1.165) is 13.4 Å². The summed E-state index contributed by atoms with van der Waals surface area (Å²) in [7, 11) is 0. The van der Waals surface area contributed by atoms with Gasteiger partial charge in [0.2, 0.25) is 0 Å². The van der Waals surface area contributed by atoms with Crippen LogP contribution < -0.4 is 4.29 Å². The molecule has 0 fully saturated rings. The average molecular weight is 365 g/mol. The van der Waals surface area contributed by atoms with Crippen molar-refractivity contribution >= 4 is 59.7 Å². The van der Waals surface area contributed by atoms with Crippen molar-refractivity contribution in [3.8, 4) is 5.75 Å². The van der Waals surface area contributed by atoms with Gasteiger partial charge in [0.15, 0.2) is 5.75 Å². The van der Waals surface area contributed by atoms with E-state index >= 15 is 0 Å². The van der Waals surface area contributed by atoms with Crippen LogP contribution >= 0.6 is 59.7 Å². The maximum absolute atomic E-state index is 5.21. The van der Waals surface area contributed by atoms with Crippen LogP contribution in [0.3, 0.4) is 0 Å². The van der Waals surface area contributed by atoms with Gasteiger partial charge in [-0.05, 0) is 44.0 Å². The van der Waals surface area contributed by atoms with E-state index < -0.39 is 0 Å². The second kappa shape index (κ2) is 4.12. The van der Waals surface area contributed by atoms with E-state index in [1.165, 1.54) is 0 Å². The summed E-state index contributed by atoms with van der Waals surface area (Å²) in [6.07, 6.45) is 0. The first-order chi connectivity index (χ1) is 5.15. The van der Waals surface area contributed by atoms with Crippen molar-refractivity contribution in [1.82, 2.24) is 0 Å². The molecular weight excluding hydrogens is 363 g/mol. The fourth-order valence-electron chi connectivity index (χ4n) is 0.603. The van der Waals surface area contributed by atoms with Crippen molar-refractivity contribution in [3.63, 3.8) is 0 Å². The van der Waals surface area contributed by atoms with Gasteiger partial charge >= 0.3 is 0 Å². The number of hydrogen-bond acceptors (Lipinski definition) is 1. The lowest BCUT2D eigenvalue weighted by molar-refractivity contribution is 0.610. The standard InChI is InChI=1S/C6H2Br3ClO/c7-3-1-4(8)6(11-10)5(9)2-3/h1-2H. The fourth-order valence-corrected chi connectivity index (χ4v) is 3.38. The van der Waals surface area contributed by atoms with Gasteiger partial charge in [0.25, 0.3) is 0 Å². The largest absolute Gasteiger partial charge is 0.383 e. The van der Waals surface area contributed by atoms with Gasteiger partial charge in [-0.25, -0.2) is 0 Å². The Morgan fingerprint density at radius 2 is 1.55 bits per heavy atom. The Morgan fingerprint density at radius 3 is 1.91 bits per heavy atom. The third-order valence-electron chi connectivity index (χ3n) is 1.04. The summed E-state index contributed by atoms with van der Waals surface area (Å²) < 4.78 is 7.14. The van der Waals surface area contributed by atoms with E-state index in [2.05, 4.69) is 52.1 Å². The highest BCUT2D eigenvalue weighted by Gasteiger charge is 2.06. The molecule has 1 rings (SSSR count). The third-order valence-corrected chi connectivity index (χ3v) is 2.83. The predicted octanol–water partition coefficient (Wildman–Crippen LogP) is 4.51. The van der Waals surface area contributed by atoms with Crippen LogP contribution in [-0.4, -0.2) is 0 Å². The molecule has 0 heterocycles. The summed E-state index contributed by atoms with van der Waals surface area (Å²) in [6, 6.07) is 3.70. The number of benzene rings is 1. The number of hydrogen-bond donors (Lipinski definition) is 0. The van der Waals surface area contributed by atoms with E-state index in [0.29, 0.717) is 5.75 Å². The van der Waals surface area contributed by atoms with E-state index in [1.54, 1.807) is 0 Å². The Hall–Kier alpha value is 0.750. The molecule has 0 aliphatic heterocycles. The molecule has 0 aliphatic rings. The van der Waals surface area contributed by atoms with Crippen molar-refractivity contribution in [3.05, 3.63) is 25.6 Å². The van der Waals surface area contributed by atoms with Gasteiger partial charge in [-0.3, -0.25) is 0 Å². The van der Waals surface area contributed by atoms with Crippen LogP contribution in [0.5, 0.6) is 5.75 Å². The minimum atomic E-state index is 0.579. The van der Waals surface area contributed by atoms with Gasteiger partial charge in [-0.15, -0.1) is 0 Å². The van der Waals surface area contributed by atoms with E-state index in [4.69, 9.17) is 11.9 Å². The summed E-state index contributed by atoms with van der Waals surface area (Å²) in [5.74, 6) is 0.579. The zero-order chi connectivity index (χ0) is 8.43. The van der Waals surface area contributed by atoms with Crippen molar-refractivity contribution in [2.75, 3.05) is 0 Å². The molecule has 0 radical (unpaired) electrons. The highest BCUT2D eigenvalue weighted by Crippen LogP contribution is 2.36. The monoisotopic (exact) mass is 362 g/mol. The molecule has 0 N–H and O–H groups in total. The van der Waals surface area contributed by atoms with Gasteiger partial charge in [0, 0.05) is 4.47 Å². The molecule has 5 heteroatoms. The Bertz CT molecular complexity index is 254. The van der Waals surface area contributed by atoms with Crippen molar-refractivity contribution in [2.45, 2.75) is 0 Å². The second-order valence-electron chi connectivity index (χ2n) is 1.78. The molecule has 1 aromatic rings. The Labute approximate surface area is 94.6 Å². The van der Waals surface area contributed by atoms with Gasteiger partial charge in [0.05, 0.1) is 8.95 Å². The Kier molecular flexibility index (Phi) is 3.68. The van der Waals surface area contributed by atoms with Crippen LogP contribution in [0.4, 0.5) is 0 Å². The number of rotatable bonds is 1. The molecule has 0 amide bonds. The normalized spacial score (nSPS) is 9.82. The Morgan fingerprint density at radius 1 is 1.09 bits per heavy atom. The van der Waals surface area contributed by atoms with Crippen LogP contribution in [-0.2, 0) is 0 Å². The van der Waals surface area contributed by atoms with Gasteiger partial charge in [-0.1, -0.05) is 15.9 Å². The fraction of sp³-hybridized carbons (Fsp3) is 0. The molecule has 0 unspecified atom stereocenters. The smallest absolute Gasteiger partial charge is 0.174 e. The quantitative estimate of drug-likeness (QED) is 0.712. The first-order valence-electron chi connectivity index (χ1n) is 2.58. The molecule has 0 aliphatic carbocycles. The zero-order valence-electron chi connectivity index (χ0n) is 5.07. The van der Waals surface area contributed by atoms with Gasteiger partial charge in [-0.2, -0.15) is 0 Å². The second-order valence-corrected chi connectivity index (χ2v) is 4.55. The first kappa shape index (κ1) is 9.84. The average Bonchev–Trinajstić information content (AvgIpc) is 1.85. The van der Waals surface area contributed by atoms with Crippen LogP contribution in [0.25, 0.3) is 0 Å². The first-order valence-corrected chi connectivity index (χ1v) is 5.27. The van der Waals surface area contributed by atoms with Gasteiger partial charge in [0.1, 0.15) is 11.9 Å². The minimum Gasteiger partial charge on any atom is -0.383 e. The van der Waals surface area contributed by atoms with Crippen molar-refractivity contribution in [2.24, 2.45) is 0 Å². The van der Waals surface area contributed by atoms with E-state index in [9.17, 15) is 0 Å². The minimum absolute atomic E-state index is 0.579. The Balaban J connectivity index is 3.25. The van der Waals surface area contributed by atoms with Crippen molar-refractivity contribution in [1.29, 1.82) is 0 Å². The molecule has 1 nitrogen and oxygen atoms in total. The SMILES string of the molecule is ClOc1c(Br)cc(Br)cc1Br. The summed E-state index contributed by atoms with van der Waals surface area (Å²) in [5, 5.41) is 0. The topological polar surface area (TPSA) is 9.23 Å². The maximum Gasteiger partial charge on any atom is 0.174 e. The summed E-state index contributed by atoms with van der Waals surface area (Å²) in [5.41, 5.74) is 0. The zero-order valence-corrected chi connectivity index (χ0v) is 10.6. The number of halogens is 4. The third kappa shape index (κ3) is 2.34. The lowest BCUT2D eigenvalue weighted by Gasteiger charge is -2.02. The molecule has 0 saturated heterocycles. The summed E-state index contributed by atoms with van der Waals surface area (Å²) in [6.45, 7) is 0. The molecule has 0 saturated carbocycles. The molecule has 0 bridgehead atoms. The molecule has 0 aromatic heterocycles. The summed E-state index contributed by atoms with van der Waals surface area (Å²) in [4.78, 5) is 0. The molecule has 0 spiro atoms.